The average Bonchev–Trinajstić information content (AvgIpc) is 2.64. The molecule has 1 amide bonds. The lowest BCUT2D eigenvalue weighted by molar-refractivity contribution is -0.121. The second-order valence-electron chi connectivity index (χ2n) is 6.07. The molecule has 3 heteroatoms. The maximum absolute atomic E-state index is 13.0. The molecule has 0 aliphatic carbocycles. The van der Waals surface area contributed by atoms with Gasteiger partial charge in [0.25, 0.3) is 0 Å². The number of hydrogen-bond acceptors (Lipinski definition) is 2. The van der Waals surface area contributed by atoms with Crippen molar-refractivity contribution in [2.24, 2.45) is 0 Å². The van der Waals surface area contributed by atoms with Crippen molar-refractivity contribution >= 4 is 11.6 Å². The molecule has 0 aromatic heterocycles. The minimum Gasteiger partial charge on any atom is -0.324 e. The summed E-state index contributed by atoms with van der Waals surface area (Å²) in [5, 5.41) is 3.03. The normalized spacial score (nSPS) is 11.9. The highest BCUT2D eigenvalue weighted by Gasteiger charge is 2.25. The molecule has 0 radical (unpaired) electrons. The van der Waals surface area contributed by atoms with Crippen molar-refractivity contribution in [2.45, 2.75) is 12.6 Å². The predicted octanol–water partition coefficient (Wildman–Crippen LogP) is 4.50. The van der Waals surface area contributed by atoms with Crippen molar-refractivity contribution in [3.63, 3.8) is 0 Å². The maximum atomic E-state index is 13.0. The van der Waals surface area contributed by atoms with Crippen LogP contribution in [0.5, 0.6) is 0 Å². The highest BCUT2D eigenvalue weighted by Crippen LogP contribution is 2.23. The SMILES string of the molecule is CN(Cc1ccccc1)[C@@H](C(=O)Nc1ccccc1)c1ccccc1. The van der Waals surface area contributed by atoms with E-state index in [4.69, 9.17) is 0 Å². The first-order valence-electron chi connectivity index (χ1n) is 8.39. The zero-order valence-electron chi connectivity index (χ0n) is 14.3. The fraction of sp³-hybridized carbons (Fsp3) is 0.136. The van der Waals surface area contributed by atoms with Crippen molar-refractivity contribution in [3.8, 4) is 0 Å². The summed E-state index contributed by atoms with van der Waals surface area (Å²) in [6.07, 6.45) is 0. The van der Waals surface area contributed by atoms with E-state index >= 15 is 0 Å². The van der Waals surface area contributed by atoms with Gasteiger partial charge in [0.05, 0.1) is 0 Å². The number of anilines is 1. The molecule has 1 atom stereocenters. The van der Waals surface area contributed by atoms with Gasteiger partial charge in [-0.2, -0.15) is 0 Å². The van der Waals surface area contributed by atoms with Crippen LogP contribution in [0, 0.1) is 0 Å². The first kappa shape index (κ1) is 16.9. The van der Waals surface area contributed by atoms with E-state index in [1.807, 2.05) is 85.9 Å². The van der Waals surface area contributed by atoms with E-state index in [1.165, 1.54) is 5.56 Å². The molecule has 3 rings (SSSR count). The van der Waals surface area contributed by atoms with Gasteiger partial charge in [-0.25, -0.2) is 0 Å². The number of benzene rings is 3. The number of nitrogens with one attached hydrogen (secondary N) is 1. The van der Waals surface area contributed by atoms with Crippen molar-refractivity contribution < 1.29 is 4.79 Å². The van der Waals surface area contributed by atoms with Crippen LogP contribution in [0.2, 0.25) is 0 Å². The number of likely N-dealkylation sites (N-methyl/N-ethyl adjacent to an activating group) is 1. The van der Waals surface area contributed by atoms with Crippen molar-refractivity contribution in [2.75, 3.05) is 12.4 Å². The minimum absolute atomic E-state index is 0.0316. The fourth-order valence-electron chi connectivity index (χ4n) is 2.94. The maximum Gasteiger partial charge on any atom is 0.246 e. The molecule has 0 heterocycles. The summed E-state index contributed by atoms with van der Waals surface area (Å²) in [6, 6.07) is 29.3. The van der Waals surface area contributed by atoms with Gasteiger partial charge in [0, 0.05) is 12.2 Å². The Hall–Kier alpha value is -2.91. The molecule has 0 unspecified atom stereocenters. The Kier molecular flexibility index (Phi) is 5.60. The number of rotatable bonds is 6. The summed E-state index contributed by atoms with van der Waals surface area (Å²) < 4.78 is 0. The standard InChI is InChI=1S/C22H22N2O/c1-24(17-18-11-5-2-6-12-18)21(19-13-7-3-8-14-19)22(25)23-20-15-9-4-10-16-20/h2-16,21H,17H2,1H3,(H,23,25)/t21-/m1/s1. The number of carbonyl (C=O) groups excluding carboxylic acids is 1. The summed E-state index contributed by atoms with van der Waals surface area (Å²) in [5.41, 5.74) is 2.97. The second kappa shape index (κ2) is 8.27. The van der Waals surface area contributed by atoms with Crippen LogP contribution in [-0.4, -0.2) is 17.9 Å². The molecule has 1 N–H and O–H groups in total. The smallest absolute Gasteiger partial charge is 0.246 e. The van der Waals surface area contributed by atoms with E-state index in [-0.39, 0.29) is 11.9 Å². The highest BCUT2D eigenvalue weighted by molar-refractivity contribution is 5.95. The molecule has 126 valence electrons. The third-order valence-corrected chi connectivity index (χ3v) is 4.12. The molecule has 0 fully saturated rings. The molecular weight excluding hydrogens is 308 g/mol. The van der Waals surface area contributed by atoms with Gasteiger partial charge in [0.1, 0.15) is 6.04 Å². The van der Waals surface area contributed by atoms with Crippen LogP contribution < -0.4 is 5.32 Å². The Labute approximate surface area is 148 Å². The number of carbonyl (C=O) groups is 1. The monoisotopic (exact) mass is 330 g/mol. The zero-order chi connectivity index (χ0) is 17.5. The van der Waals surface area contributed by atoms with Gasteiger partial charge < -0.3 is 5.32 Å². The lowest BCUT2D eigenvalue weighted by atomic mass is 10.0. The summed E-state index contributed by atoms with van der Waals surface area (Å²) in [4.78, 5) is 15.1. The van der Waals surface area contributed by atoms with E-state index < -0.39 is 0 Å². The Morgan fingerprint density at radius 1 is 0.840 bits per heavy atom. The predicted molar refractivity (Wildman–Crippen MR) is 102 cm³/mol. The third-order valence-electron chi connectivity index (χ3n) is 4.12. The zero-order valence-corrected chi connectivity index (χ0v) is 14.3. The molecule has 3 aromatic carbocycles. The number of nitrogens with zero attached hydrogens (tertiary/aromatic N) is 1. The second-order valence-corrected chi connectivity index (χ2v) is 6.07. The summed E-state index contributed by atoms with van der Waals surface area (Å²) >= 11 is 0. The molecule has 0 aliphatic heterocycles. The van der Waals surface area contributed by atoms with Crippen LogP contribution in [0.4, 0.5) is 5.69 Å². The fourth-order valence-corrected chi connectivity index (χ4v) is 2.94. The van der Waals surface area contributed by atoms with Gasteiger partial charge in [0.15, 0.2) is 0 Å². The lowest BCUT2D eigenvalue weighted by Crippen LogP contribution is -2.34. The molecular formula is C22H22N2O. The van der Waals surface area contributed by atoms with Crippen LogP contribution >= 0.6 is 0 Å². The van der Waals surface area contributed by atoms with Crippen molar-refractivity contribution in [3.05, 3.63) is 102 Å². The van der Waals surface area contributed by atoms with Gasteiger partial charge in [-0.3, -0.25) is 9.69 Å². The van der Waals surface area contributed by atoms with Crippen molar-refractivity contribution in [1.82, 2.24) is 4.90 Å². The minimum atomic E-state index is -0.360. The Balaban J connectivity index is 1.83. The summed E-state index contributed by atoms with van der Waals surface area (Å²) in [5.74, 6) is -0.0316. The van der Waals surface area contributed by atoms with Crippen LogP contribution in [-0.2, 0) is 11.3 Å². The van der Waals surface area contributed by atoms with E-state index in [0.717, 1.165) is 11.3 Å². The van der Waals surface area contributed by atoms with E-state index in [0.29, 0.717) is 6.54 Å². The Bertz CT molecular complexity index is 788. The van der Waals surface area contributed by atoms with E-state index in [1.54, 1.807) is 0 Å². The Morgan fingerprint density at radius 3 is 1.96 bits per heavy atom. The van der Waals surface area contributed by atoms with Crippen molar-refractivity contribution in [1.29, 1.82) is 0 Å². The van der Waals surface area contributed by atoms with Gasteiger partial charge in [0.2, 0.25) is 5.91 Å². The van der Waals surface area contributed by atoms with E-state index in [9.17, 15) is 4.79 Å². The van der Waals surface area contributed by atoms with Crippen LogP contribution in [0.1, 0.15) is 17.2 Å². The molecule has 0 aliphatic rings. The first-order chi connectivity index (χ1) is 12.2. The Morgan fingerprint density at radius 2 is 1.36 bits per heavy atom. The molecule has 3 aromatic rings. The average molecular weight is 330 g/mol. The number of hydrogen-bond donors (Lipinski definition) is 1. The van der Waals surface area contributed by atoms with Crippen LogP contribution in [0.3, 0.4) is 0 Å². The van der Waals surface area contributed by atoms with Gasteiger partial charge >= 0.3 is 0 Å². The van der Waals surface area contributed by atoms with Crippen LogP contribution in [0.15, 0.2) is 91.0 Å². The van der Waals surface area contributed by atoms with Gasteiger partial charge in [-0.15, -0.1) is 0 Å². The number of para-hydroxylation sites is 1. The van der Waals surface area contributed by atoms with Crippen LogP contribution in [0.25, 0.3) is 0 Å². The largest absolute Gasteiger partial charge is 0.324 e. The molecule has 0 saturated heterocycles. The van der Waals surface area contributed by atoms with Gasteiger partial charge in [-0.1, -0.05) is 78.9 Å². The molecule has 0 saturated carbocycles. The third kappa shape index (κ3) is 4.55. The first-order valence-corrected chi connectivity index (χ1v) is 8.39. The molecule has 3 nitrogen and oxygen atoms in total. The quantitative estimate of drug-likeness (QED) is 0.722. The topological polar surface area (TPSA) is 32.3 Å². The van der Waals surface area contributed by atoms with E-state index in [2.05, 4.69) is 22.3 Å². The lowest BCUT2D eigenvalue weighted by Gasteiger charge is -2.27. The molecule has 0 bridgehead atoms. The summed E-state index contributed by atoms with van der Waals surface area (Å²) in [7, 11) is 1.98. The highest BCUT2D eigenvalue weighted by atomic mass is 16.2. The number of amides is 1. The molecule has 0 spiro atoms. The van der Waals surface area contributed by atoms with Gasteiger partial charge in [-0.05, 0) is 30.3 Å². The summed E-state index contributed by atoms with van der Waals surface area (Å²) in [6.45, 7) is 0.697. The molecule has 25 heavy (non-hydrogen) atoms.